The maximum absolute atomic E-state index is 11.6. The Morgan fingerprint density at radius 2 is 2.06 bits per heavy atom. The number of rotatable bonds is 6. The zero-order valence-electron chi connectivity index (χ0n) is 9.86. The van der Waals surface area contributed by atoms with Crippen LogP contribution in [0.15, 0.2) is 35.2 Å². The number of thioether (sulfide) groups is 1. The van der Waals surface area contributed by atoms with Crippen LogP contribution in [0.3, 0.4) is 0 Å². The molecule has 2 nitrogen and oxygen atoms in total. The van der Waals surface area contributed by atoms with E-state index in [0.717, 1.165) is 12.2 Å². The van der Waals surface area contributed by atoms with Crippen molar-refractivity contribution >= 4 is 40.9 Å². The second-order valence-corrected chi connectivity index (χ2v) is 7.03. The van der Waals surface area contributed by atoms with Crippen LogP contribution in [-0.4, -0.2) is 22.5 Å². The van der Waals surface area contributed by atoms with Gasteiger partial charge >= 0.3 is 0 Å². The van der Waals surface area contributed by atoms with Gasteiger partial charge < -0.3 is 5.32 Å². The molecule has 0 aliphatic heterocycles. The summed E-state index contributed by atoms with van der Waals surface area (Å²) in [5, 5.41) is 2.87. The predicted octanol–water partition coefficient (Wildman–Crippen LogP) is 3.48. The third-order valence-electron chi connectivity index (χ3n) is 2.77. The summed E-state index contributed by atoms with van der Waals surface area (Å²) in [6, 6.07) is 10.2. The Bertz CT molecular complexity index is 411. The van der Waals surface area contributed by atoms with Gasteiger partial charge in [-0.3, -0.25) is 4.79 Å². The van der Waals surface area contributed by atoms with Gasteiger partial charge in [0.25, 0.3) is 0 Å². The van der Waals surface area contributed by atoms with Crippen molar-refractivity contribution in [3.63, 3.8) is 0 Å². The number of carbonyl (C=O) groups excluding carboxylic acids is 1. The molecule has 0 aromatic heterocycles. The minimum Gasteiger partial charge on any atom is -0.356 e. The molecule has 18 heavy (non-hydrogen) atoms. The Morgan fingerprint density at radius 1 is 1.39 bits per heavy atom. The minimum absolute atomic E-state index is 0.0234. The van der Waals surface area contributed by atoms with E-state index in [1.54, 1.807) is 11.8 Å². The van der Waals surface area contributed by atoms with Crippen LogP contribution in [0.25, 0.3) is 0 Å². The zero-order valence-corrected chi connectivity index (χ0v) is 12.2. The van der Waals surface area contributed by atoms with Gasteiger partial charge in [-0.25, -0.2) is 0 Å². The third kappa shape index (κ3) is 4.08. The van der Waals surface area contributed by atoms with E-state index >= 15 is 0 Å². The topological polar surface area (TPSA) is 29.1 Å². The molecule has 1 aromatic carbocycles. The molecule has 1 N–H and O–H groups in total. The van der Waals surface area contributed by atoms with Crippen molar-refractivity contribution in [3.8, 4) is 0 Å². The van der Waals surface area contributed by atoms with E-state index in [2.05, 4.69) is 17.4 Å². The Hall–Kier alpha value is -0.380. The number of halogens is 2. The number of hydrogen-bond donors (Lipinski definition) is 1. The lowest BCUT2D eigenvalue weighted by Crippen LogP contribution is -2.27. The Kier molecular flexibility index (Phi) is 4.82. The van der Waals surface area contributed by atoms with Crippen molar-refractivity contribution in [2.24, 2.45) is 5.92 Å². The summed E-state index contributed by atoms with van der Waals surface area (Å²) in [6.07, 6.45) is 1.51. The molecule has 98 valence electrons. The molecule has 1 aliphatic carbocycles. The van der Waals surface area contributed by atoms with Crippen LogP contribution >= 0.6 is 35.0 Å². The second-order valence-electron chi connectivity index (χ2n) is 4.32. The van der Waals surface area contributed by atoms with Crippen molar-refractivity contribution < 1.29 is 4.79 Å². The fraction of sp³-hybridized carbons (Fsp3) is 0.462. The Balaban J connectivity index is 1.56. The van der Waals surface area contributed by atoms with Crippen LogP contribution in [0.4, 0.5) is 0 Å². The molecular weight excluding hydrogens is 289 g/mol. The fourth-order valence-corrected chi connectivity index (χ4v) is 2.99. The number of carbonyl (C=O) groups is 1. The number of amides is 1. The molecule has 2 rings (SSSR count). The molecule has 1 aliphatic rings. The summed E-state index contributed by atoms with van der Waals surface area (Å²) in [6.45, 7) is 0.680. The Labute approximate surface area is 121 Å². The second kappa shape index (κ2) is 6.18. The van der Waals surface area contributed by atoms with Crippen molar-refractivity contribution in [1.29, 1.82) is 0 Å². The van der Waals surface area contributed by atoms with Gasteiger partial charge in [0.05, 0.1) is 5.92 Å². The molecular formula is C13H15Cl2NOS. The molecule has 0 radical (unpaired) electrons. The maximum atomic E-state index is 11.6. The van der Waals surface area contributed by atoms with Crippen LogP contribution in [-0.2, 0) is 4.79 Å². The van der Waals surface area contributed by atoms with E-state index in [0.29, 0.717) is 13.0 Å². The summed E-state index contributed by atoms with van der Waals surface area (Å²) in [7, 11) is 0. The normalized spacial score (nSPS) is 20.4. The third-order valence-corrected chi connectivity index (χ3v) is 4.71. The molecule has 5 heteroatoms. The van der Waals surface area contributed by atoms with Gasteiger partial charge in [0.2, 0.25) is 5.91 Å². The molecule has 1 fully saturated rings. The summed E-state index contributed by atoms with van der Waals surface area (Å²) >= 11 is 13.4. The molecule has 0 saturated heterocycles. The molecule has 0 spiro atoms. The van der Waals surface area contributed by atoms with E-state index < -0.39 is 4.33 Å². The molecule has 0 heterocycles. The SMILES string of the molecule is O=C(NCCCSc1ccccc1)C1CC1(Cl)Cl. The lowest BCUT2D eigenvalue weighted by Gasteiger charge is -2.05. The fourth-order valence-electron chi connectivity index (χ4n) is 1.61. The smallest absolute Gasteiger partial charge is 0.226 e. The number of benzene rings is 1. The highest BCUT2D eigenvalue weighted by molar-refractivity contribution is 7.99. The molecule has 1 atom stereocenters. The van der Waals surface area contributed by atoms with Crippen molar-refractivity contribution in [3.05, 3.63) is 30.3 Å². The lowest BCUT2D eigenvalue weighted by molar-refractivity contribution is -0.122. The van der Waals surface area contributed by atoms with Gasteiger partial charge in [-0.05, 0) is 30.7 Å². The first kappa shape index (κ1) is 14.0. The molecule has 1 amide bonds. The van der Waals surface area contributed by atoms with Crippen molar-refractivity contribution in [2.75, 3.05) is 12.3 Å². The van der Waals surface area contributed by atoms with Crippen LogP contribution in [0, 0.1) is 5.92 Å². The van der Waals surface area contributed by atoms with E-state index in [1.807, 2.05) is 18.2 Å². The summed E-state index contributed by atoms with van der Waals surface area (Å²) < 4.78 is -0.817. The van der Waals surface area contributed by atoms with Crippen molar-refractivity contribution in [1.82, 2.24) is 5.32 Å². The number of alkyl halides is 2. The van der Waals surface area contributed by atoms with E-state index in [-0.39, 0.29) is 11.8 Å². The minimum atomic E-state index is -0.817. The van der Waals surface area contributed by atoms with Gasteiger partial charge in [-0.1, -0.05) is 18.2 Å². The highest BCUT2D eigenvalue weighted by atomic mass is 35.5. The monoisotopic (exact) mass is 303 g/mol. The lowest BCUT2D eigenvalue weighted by atomic mass is 10.4. The molecule has 0 bridgehead atoms. The van der Waals surface area contributed by atoms with Gasteiger partial charge in [0.1, 0.15) is 4.33 Å². The summed E-state index contributed by atoms with van der Waals surface area (Å²) in [5.41, 5.74) is 0. The molecule has 1 aromatic rings. The average molecular weight is 304 g/mol. The first-order valence-corrected chi connectivity index (χ1v) is 7.67. The quantitative estimate of drug-likeness (QED) is 0.495. The first-order chi connectivity index (χ1) is 8.59. The van der Waals surface area contributed by atoms with Gasteiger partial charge in [-0.2, -0.15) is 0 Å². The largest absolute Gasteiger partial charge is 0.356 e. The number of nitrogens with one attached hydrogen (secondary N) is 1. The Morgan fingerprint density at radius 3 is 2.67 bits per heavy atom. The highest BCUT2D eigenvalue weighted by Crippen LogP contribution is 2.53. The predicted molar refractivity (Wildman–Crippen MR) is 77.3 cm³/mol. The van der Waals surface area contributed by atoms with Crippen LogP contribution in [0.2, 0.25) is 0 Å². The molecule has 1 saturated carbocycles. The van der Waals surface area contributed by atoms with Gasteiger partial charge in [0, 0.05) is 11.4 Å². The van der Waals surface area contributed by atoms with Crippen LogP contribution in [0.1, 0.15) is 12.8 Å². The zero-order chi connectivity index (χ0) is 13.0. The highest BCUT2D eigenvalue weighted by Gasteiger charge is 2.56. The van der Waals surface area contributed by atoms with E-state index in [9.17, 15) is 4.79 Å². The maximum Gasteiger partial charge on any atom is 0.226 e. The van der Waals surface area contributed by atoms with Gasteiger partial charge in [0.15, 0.2) is 0 Å². The van der Waals surface area contributed by atoms with Crippen LogP contribution < -0.4 is 5.32 Å². The van der Waals surface area contributed by atoms with Gasteiger partial charge in [-0.15, -0.1) is 35.0 Å². The molecule has 1 unspecified atom stereocenters. The van der Waals surface area contributed by atoms with E-state index in [4.69, 9.17) is 23.2 Å². The number of hydrogen-bond acceptors (Lipinski definition) is 2. The standard InChI is InChI=1S/C13H15Cl2NOS/c14-13(15)9-11(13)12(17)16-7-4-8-18-10-5-2-1-3-6-10/h1-3,5-6,11H,4,7-9H2,(H,16,17). The van der Waals surface area contributed by atoms with Crippen LogP contribution in [0.5, 0.6) is 0 Å². The van der Waals surface area contributed by atoms with Crippen molar-refractivity contribution in [2.45, 2.75) is 22.1 Å². The summed E-state index contributed by atoms with van der Waals surface area (Å²) in [5.74, 6) is 0.745. The van der Waals surface area contributed by atoms with E-state index in [1.165, 1.54) is 4.90 Å². The average Bonchev–Trinajstić information content (AvgIpc) is 2.99. The first-order valence-electron chi connectivity index (χ1n) is 5.93. The summed E-state index contributed by atoms with van der Waals surface area (Å²) in [4.78, 5) is 12.8.